The summed E-state index contributed by atoms with van der Waals surface area (Å²) in [6, 6.07) is 55.8. The fraction of sp³-hybridized carbons (Fsp3) is 0. The summed E-state index contributed by atoms with van der Waals surface area (Å²) in [6.07, 6.45) is 0. The molecule has 0 aliphatic rings. The van der Waals surface area contributed by atoms with Crippen molar-refractivity contribution < 1.29 is 8.83 Å². The van der Waals surface area contributed by atoms with Crippen molar-refractivity contribution in [2.24, 2.45) is 0 Å². The molecule has 0 aliphatic heterocycles. The third kappa shape index (κ3) is 4.75. The Hall–Kier alpha value is -6.85. The van der Waals surface area contributed by atoms with Crippen molar-refractivity contribution in [1.82, 2.24) is 15.0 Å². The van der Waals surface area contributed by atoms with Gasteiger partial charge in [-0.15, -0.1) is 0 Å². The second kappa shape index (κ2) is 11.4. The number of aromatic nitrogens is 3. The van der Waals surface area contributed by atoms with Gasteiger partial charge in [0, 0.05) is 38.2 Å². The first-order chi connectivity index (χ1) is 24.7. The quantitative estimate of drug-likeness (QED) is 0.187. The molecule has 7 aromatic carbocycles. The van der Waals surface area contributed by atoms with Gasteiger partial charge in [-0.1, -0.05) is 121 Å². The number of rotatable bonds is 5. The maximum absolute atomic E-state index is 6.48. The second-order valence-corrected chi connectivity index (χ2v) is 12.4. The summed E-state index contributed by atoms with van der Waals surface area (Å²) in [5.41, 5.74) is 10.5. The molecule has 0 saturated carbocycles. The lowest BCUT2D eigenvalue weighted by Crippen LogP contribution is -2.00. The molecule has 0 aliphatic carbocycles. The zero-order valence-electron chi connectivity index (χ0n) is 26.7. The van der Waals surface area contributed by atoms with Crippen LogP contribution in [0.4, 0.5) is 0 Å². The maximum atomic E-state index is 6.48. The molecule has 50 heavy (non-hydrogen) atoms. The zero-order chi connectivity index (χ0) is 33.0. The molecule has 0 spiro atoms. The summed E-state index contributed by atoms with van der Waals surface area (Å²) < 4.78 is 12.9. The highest BCUT2D eigenvalue weighted by atomic mass is 16.3. The highest BCUT2D eigenvalue weighted by Gasteiger charge is 2.18. The average molecular weight is 642 g/mol. The molecule has 0 unspecified atom stereocenters. The number of nitrogens with zero attached hydrogens (tertiary/aromatic N) is 3. The Labute approximate surface area is 287 Å². The average Bonchev–Trinajstić information content (AvgIpc) is 3.76. The zero-order valence-corrected chi connectivity index (χ0v) is 26.7. The molecule has 0 amide bonds. The highest BCUT2D eigenvalue weighted by Crippen LogP contribution is 2.42. The van der Waals surface area contributed by atoms with E-state index in [0.717, 1.165) is 82.8 Å². The van der Waals surface area contributed by atoms with Gasteiger partial charge in [-0.3, -0.25) is 0 Å². The Morgan fingerprint density at radius 2 is 0.840 bits per heavy atom. The molecule has 5 heteroatoms. The topological polar surface area (TPSA) is 65.0 Å². The van der Waals surface area contributed by atoms with Crippen LogP contribution in [-0.4, -0.2) is 15.0 Å². The summed E-state index contributed by atoms with van der Waals surface area (Å²) in [7, 11) is 0. The Kier molecular flexibility index (Phi) is 6.42. The van der Waals surface area contributed by atoms with E-state index in [1.54, 1.807) is 0 Å². The number of hydrogen-bond donors (Lipinski definition) is 0. The van der Waals surface area contributed by atoms with Gasteiger partial charge in [-0.2, -0.15) is 0 Å². The van der Waals surface area contributed by atoms with Crippen LogP contribution >= 0.6 is 0 Å². The number of para-hydroxylation sites is 1. The third-order valence-electron chi connectivity index (χ3n) is 9.33. The predicted octanol–water partition coefficient (Wildman–Crippen LogP) is 12.0. The molecular formula is C45H27N3O2. The lowest BCUT2D eigenvalue weighted by molar-refractivity contribution is 0.669. The highest BCUT2D eigenvalue weighted by molar-refractivity contribution is 6.15. The molecule has 0 fully saturated rings. The van der Waals surface area contributed by atoms with E-state index in [-0.39, 0.29) is 0 Å². The normalized spacial score (nSPS) is 11.6. The first kappa shape index (κ1) is 28.2. The number of fused-ring (bicyclic) bond motifs is 6. The molecule has 0 N–H and O–H groups in total. The molecule has 0 radical (unpaired) electrons. The van der Waals surface area contributed by atoms with Crippen LogP contribution in [0.1, 0.15) is 0 Å². The van der Waals surface area contributed by atoms with E-state index in [0.29, 0.717) is 17.5 Å². The van der Waals surface area contributed by atoms with Crippen molar-refractivity contribution in [3.63, 3.8) is 0 Å². The Balaban J connectivity index is 1.13. The van der Waals surface area contributed by atoms with E-state index < -0.39 is 0 Å². The summed E-state index contributed by atoms with van der Waals surface area (Å²) in [4.78, 5) is 14.7. The number of hydrogen-bond acceptors (Lipinski definition) is 5. The summed E-state index contributed by atoms with van der Waals surface area (Å²) in [5.74, 6) is 1.84. The van der Waals surface area contributed by atoms with E-state index in [4.69, 9.17) is 23.8 Å². The Morgan fingerprint density at radius 1 is 0.300 bits per heavy atom. The van der Waals surface area contributed by atoms with Crippen molar-refractivity contribution in [3.05, 3.63) is 164 Å². The molecule has 0 atom stereocenters. The smallest absolute Gasteiger partial charge is 0.164 e. The predicted molar refractivity (Wildman–Crippen MR) is 202 cm³/mol. The SMILES string of the molecule is c1ccc(-c2cc(-c3ccc4oc5cc(-c6nc(-c7ccccc7)nc(-c7ccccc7)n6)ccc5c4c3)c3c(c2)oc2ccccc23)cc1. The fourth-order valence-electron chi connectivity index (χ4n) is 6.90. The van der Waals surface area contributed by atoms with E-state index >= 15 is 0 Å². The number of furan rings is 2. The van der Waals surface area contributed by atoms with Crippen LogP contribution in [0.25, 0.3) is 100 Å². The van der Waals surface area contributed by atoms with Crippen LogP contribution in [-0.2, 0) is 0 Å². The van der Waals surface area contributed by atoms with Crippen molar-refractivity contribution in [1.29, 1.82) is 0 Å². The van der Waals surface area contributed by atoms with Gasteiger partial charge >= 0.3 is 0 Å². The van der Waals surface area contributed by atoms with Gasteiger partial charge in [0.2, 0.25) is 0 Å². The molecule has 0 saturated heterocycles. The molecule has 234 valence electrons. The lowest BCUT2D eigenvalue weighted by Gasteiger charge is -2.09. The molecule has 0 bridgehead atoms. The first-order valence-corrected chi connectivity index (χ1v) is 16.6. The summed E-state index contributed by atoms with van der Waals surface area (Å²) in [6.45, 7) is 0. The van der Waals surface area contributed by atoms with Gasteiger partial charge < -0.3 is 8.83 Å². The first-order valence-electron chi connectivity index (χ1n) is 16.6. The third-order valence-corrected chi connectivity index (χ3v) is 9.33. The van der Waals surface area contributed by atoms with Gasteiger partial charge in [0.25, 0.3) is 0 Å². The van der Waals surface area contributed by atoms with Gasteiger partial charge in [0.05, 0.1) is 0 Å². The van der Waals surface area contributed by atoms with Crippen LogP contribution in [0, 0.1) is 0 Å². The molecular weight excluding hydrogens is 615 g/mol. The summed E-state index contributed by atoms with van der Waals surface area (Å²) >= 11 is 0. The van der Waals surface area contributed by atoms with Crippen LogP contribution in [0.3, 0.4) is 0 Å². The van der Waals surface area contributed by atoms with Gasteiger partial charge in [0.1, 0.15) is 22.3 Å². The Bertz CT molecular complexity index is 2800. The van der Waals surface area contributed by atoms with Crippen molar-refractivity contribution in [2.75, 3.05) is 0 Å². The molecule has 10 aromatic rings. The van der Waals surface area contributed by atoms with Crippen LogP contribution in [0.5, 0.6) is 0 Å². The monoisotopic (exact) mass is 641 g/mol. The van der Waals surface area contributed by atoms with Crippen LogP contribution in [0.2, 0.25) is 0 Å². The van der Waals surface area contributed by atoms with Gasteiger partial charge in [-0.05, 0) is 64.7 Å². The standard InChI is InChI=1S/C45H27N3O2/c1-4-12-28(13-5-1)33-25-36(42-35-18-10-11-19-38(35)50-41(42)27-33)31-21-23-39-37(24-31)34-22-20-32(26-40(34)49-39)45-47-43(29-14-6-2-7-15-29)46-44(48-45)30-16-8-3-9-17-30/h1-27H. The minimum absolute atomic E-state index is 0.590. The Morgan fingerprint density at radius 3 is 1.54 bits per heavy atom. The maximum Gasteiger partial charge on any atom is 0.164 e. The molecule has 3 aromatic heterocycles. The van der Waals surface area contributed by atoms with Gasteiger partial charge in [-0.25, -0.2) is 15.0 Å². The number of benzene rings is 7. The van der Waals surface area contributed by atoms with E-state index in [2.05, 4.69) is 78.9 Å². The largest absolute Gasteiger partial charge is 0.456 e. The van der Waals surface area contributed by atoms with Crippen molar-refractivity contribution >= 4 is 43.9 Å². The molecule has 10 rings (SSSR count). The van der Waals surface area contributed by atoms with Crippen LogP contribution in [0.15, 0.2) is 173 Å². The lowest BCUT2D eigenvalue weighted by atomic mass is 9.93. The fourth-order valence-corrected chi connectivity index (χ4v) is 6.90. The van der Waals surface area contributed by atoms with Crippen molar-refractivity contribution in [3.8, 4) is 56.4 Å². The minimum Gasteiger partial charge on any atom is -0.456 e. The van der Waals surface area contributed by atoms with E-state index in [1.807, 2.05) is 84.9 Å². The van der Waals surface area contributed by atoms with Crippen molar-refractivity contribution in [2.45, 2.75) is 0 Å². The van der Waals surface area contributed by atoms with Gasteiger partial charge in [0.15, 0.2) is 17.5 Å². The van der Waals surface area contributed by atoms with Crippen LogP contribution < -0.4 is 0 Å². The molecule has 5 nitrogen and oxygen atoms in total. The van der Waals surface area contributed by atoms with E-state index in [1.165, 1.54) is 0 Å². The summed E-state index contributed by atoms with van der Waals surface area (Å²) in [5, 5.41) is 4.27. The minimum atomic E-state index is 0.590. The van der Waals surface area contributed by atoms with E-state index in [9.17, 15) is 0 Å². The second-order valence-electron chi connectivity index (χ2n) is 12.4. The molecule has 3 heterocycles.